The molecule has 5 rings (SSSR count). The molecule has 0 bridgehead atoms. The molecule has 1 saturated heterocycles. The van der Waals surface area contributed by atoms with Crippen LogP contribution in [0.1, 0.15) is 32.2 Å². The normalized spacial score (nSPS) is 16.9. The molecule has 1 N–H and O–H groups in total. The average Bonchev–Trinajstić information content (AvgIpc) is 3.63. The molecule has 1 aliphatic heterocycles. The van der Waals surface area contributed by atoms with Crippen LogP contribution < -0.4 is 4.90 Å². The maximum Gasteiger partial charge on any atom is 0.195 e. The summed E-state index contributed by atoms with van der Waals surface area (Å²) in [6.45, 7) is 2.70. The van der Waals surface area contributed by atoms with Crippen LogP contribution in [0.15, 0.2) is 48.1 Å². The first-order chi connectivity index (χ1) is 17.4. The molecule has 0 aromatic carbocycles. The van der Waals surface area contributed by atoms with E-state index in [2.05, 4.69) is 31.1 Å². The molecule has 0 spiro atoms. The summed E-state index contributed by atoms with van der Waals surface area (Å²) in [6.07, 6.45) is 8.24. The van der Waals surface area contributed by atoms with Crippen molar-refractivity contribution in [2.45, 2.75) is 37.3 Å². The maximum absolute atomic E-state index is 14.7. The summed E-state index contributed by atoms with van der Waals surface area (Å²) in [5.74, 6) is -0.584. The minimum Gasteiger partial charge on any atom is -0.354 e. The second kappa shape index (κ2) is 9.66. The summed E-state index contributed by atoms with van der Waals surface area (Å²) < 4.78 is 41.4. The van der Waals surface area contributed by atoms with Gasteiger partial charge in [0.1, 0.15) is 12.0 Å². The number of anilines is 1. The largest absolute Gasteiger partial charge is 0.354 e. The average molecular weight is 509 g/mol. The zero-order valence-corrected chi connectivity index (χ0v) is 20.5. The third-order valence-electron chi connectivity index (χ3n) is 6.53. The first-order valence-electron chi connectivity index (χ1n) is 11.7. The lowest BCUT2D eigenvalue weighted by Crippen LogP contribution is -2.26. The number of hydrogen-bond acceptors (Lipinski definition) is 8. The molecule has 0 saturated carbocycles. The molecule has 1 fully saturated rings. The van der Waals surface area contributed by atoms with Gasteiger partial charge < -0.3 is 9.88 Å². The number of fused-ring (bicyclic) bond motifs is 1. The summed E-state index contributed by atoms with van der Waals surface area (Å²) in [5, 5.41) is 14.8. The molecule has 2 unspecified atom stereocenters. The van der Waals surface area contributed by atoms with Gasteiger partial charge in [-0.15, -0.1) is 0 Å². The number of aromatic amines is 1. The lowest BCUT2D eigenvalue weighted by Gasteiger charge is -2.23. The highest BCUT2D eigenvalue weighted by atomic mass is 32.2. The standard InChI is InChI=1S/C24H25FN8O2S/c1-2-11-36(34,35)21-4-3-19(25)24(31-21)32-10-7-16(13-32)20(5-8-26)33-14-17(12-30-33)22-18-6-9-27-23(18)29-15-28-22/h3-4,6,9,12,14-16,20H,2,5,7,10-11,13H2,1H3,(H,27,28,29). The van der Waals surface area contributed by atoms with Crippen LogP contribution in [0.25, 0.3) is 22.3 Å². The van der Waals surface area contributed by atoms with E-state index in [4.69, 9.17) is 0 Å². The van der Waals surface area contributed by atoms with Gasteiger partial charge in [0.05, 0.1) is 36.2 Å². The van der Waals surface area contributed by atoms with Crippen LogP contribution in [-0.2, 0) is 9.84 Å². The van der Waals surface area contributed by atoms with Gasteiger partial charge in [-0.05, 0) is 31.0 Å². The molecule has 0 radical (unpaired) electrons. The maximum atomic E-state index is 14.7. The van der Waals surface area contributed by atoms with Crippen LogP contribution in [0.5, 0.6) is 0 Å². The Morgan fingerprint density at radius 2 is 2.17 bits per heavy atom. The third-order valence-corrected chi connectivity index (χ3v) is 8.34. The van der Waals surface area contributed by atoms with Crippen molar-refractivity contribution in [2.75, 3.05) is 23.7 Å². The summed E-state index contributed by atoms with van der Waals surface area (Å²) in [7, 11) is -3.57. The highest BCUT2D eigenvalue weighted by molar-refractivity contribution is 7.91. The Kier molecular flexibility index (Phi) is 6.40. The molecule has 10 nitrogen and oxygen atoms in total. The monoisotopic (exact) mass is 508 g/mol. The van der Waals surface area contributed by atoms with Crippen LogP contribution in [0.3, 0.4) is 0 Å². The smallest absolute Gasteiger partial charge is 0.195 e. The molecule has 1 aliphatic rings. The van der Waals surface area contributed by atoms with E-state index in [1.54, 1.807) is 28.9 Å². The lowest BCUT2D eigenvalue weighted by atomic mass is 9.96. The van der Waals surface area contributed by atoms with E-state index in [9.17, 15) is 18.1 Å². The number of pyridine rings is 1. The molecular weight excluding hydrogens is 483 g/mol. The highest BCUT2D eigenvalue weighted by Crippen LogP contribution is 2.34. The van der Waals surface area contributed by atoms with Crippen molar-refractivity contribution in [3.63, 3.8) is 0 Å². The van der Waals surface area contributed by atoms with Crippen LogP contribution in [0, 0.1) is 23.1 Å². The van der Waals surface area contributed by atoms with Gasteiger partial charge >= 0.3 is 0 Å². The van der Waals surface area contributed by atoms with Gasteiger partial charge in [0.25, 0.3) is 0 Å². The van der Waals surface area contributed by atoms with Crippen LogP contribution in [-0.4, -0.2) is 57.0 Å². The number of hydrogen-bond donors (Lipinski definition) is 1. The van der Waals surface area contributed by atoms with Gasteiger partial charge in [0.2, 0.25) is 0 Å². The number of nitriles is 1. The van der Waals surface area contributed by atoms with E-state index in [0.29, 0.717) is 25.9 Å². The van der Waals surface area contributed by atoms with Gasteiger partial charge in [-0.3, -0.25) is 4.68 Å². The Bertz CT molecular complexity index is 1540. The van der Waals surface area contributed by atoms with Crippen LogP contribution in [0.2, 0.25) is 0 Å². The predicted molar refractivity (Wildman–Crippen MR) is 131 cm³/mol. The Balaban J connectivity index is 1.40. The quantitative estimate of drug-likeness (QED) is 0.382. The molecule has 36 heavy (non-hydrogen) atoms. The highest BCUT2D eigenvalue weighted by Gasteiger charge is 2.33. The molecule has 0 aliphatic carbocycles. The minimum atomic E-state index is -3.57. The number of halogens is 1. The number of sulfone groups is 1. The second-order valence-corrected chi connectivity index (χ2v) is 10.9. The van der Waals surface area contributed by atoms with Crippen LogP contribution >= 0.6 is 0 Å². The Labute approximate surface area is 207 Å². The van der Waals surface area contributed by atoms with Gasteiger partial charge in [0.15, 0.2) is 26.5 Å². The number of aromatic nitrogens is 6. The third kappa shape index (κ3) is 4.42. The predicted octanol–water partition coefficient (Wildman–Crippen LogP) is 3.52. The first-order valence-corrected chi connectivity index (χ1v) is 13.4. The lowest BCUT2D eigenvalue weighted by molar-refractivity contribution is 0.331. The molecule has 12 heteroatoms. The Morgan fingerprint density at radius 1 is 1.31 bits per heavy atom. The van der Waals surface area contributed by atoms with Crippen molar-refractivity contribution in [1.82, 2.24) is 29.7 Å². The molecule has 2 atom stereocenters. The molecule has 0 amide bonds. The fourth-order valence-corrected chi connectivity index (χ4v) is 6.04. The Morgan fingerprint density at radius 3 is 2.97 bits per heavy atom. The first kappa shape index (κ1) is 23.9. The van der Waals surface area contributed by atoms with Gasteiger partial charge in [0, 0.05) is 42.4 Å². The molecule has 186 valence electrons. The van der Waals surface area contributed by atoms with Crippen molar-refractivity contribution < 1.29 is 12.8 Å². The van der Waals surface area contributed by atoms with Crippen molar-refractivity contribution in [2.24, 2.45) is 5.92 Å². The van der Waals surface area contributed by atoms with Crippen molar-refractivity contribution in [3.8, 4) is 17.3 Å². The SMILES string of the molecule is CCCS(=O)(=O)c1ccc(F)c(N2CCC(C(CC#N)n3cc(-c4ncnc5[nH]ccc45)cn3)C2)n1. The topological polar surface area (TPSA) is 133 Å². The summed E-state index contributed by atoms with van der Waals surface area (Å²) in [4.78, 5) is 17.6. The molecule has 5 heterocycles. The number of nitrogens with zero attached hydrogens (tertiary/aromatic N) is 7. The molecule has 4 aromatic rings. The van der Waals surface area contributed by atoms with E-state index in [0.717, 1.165) is 28.4 Å². The van der Waals surface area contributed by atoms with Gasteiger partial charge in [-0.25, -0.2) is 27.8 Å². The molecule has 4 aromatic heterocycles. The van der Waals surface area contributed by atoms with Gasteiger partial charge in [-0.2, -0.15) is 10.4 Å². The van der Waals surface area contributed by atoms with E-state index in [-0.39, 0.29) is 35.0 Å². The van der Waals surface area contributed by atoms with E-state index in [1.807, 2.05) is 12.3 Å². The molecular formula is C24H25FN8O2S. The fraction of sp³-hybridized carbons (Fsp3) is 0.375. The summed E-state index contributed by atoms with van der Waals surface area (Å²) >= 11 is 0. The zero-order chi connectivity index (χ0) is 25.3. The minimum absolute atomic E-state index is 0.00724. The summed E-state index contributed by atoms with van der Waals surface area (Å²) in [6, 6.07) is 6.29. The number of rotatable bonds is 8. The van der Waals surface area contributed by atoms with E-state index < -0.39 is 15.7 Å². The number of nitrogens with one attached hydrogen (secondary N) is 1. The van der Waals surface area contributed by atoms with Crippen molar-refractivity contribution >= 4 is 26.7 Å². The van der Waals surface area contributed by atoms with Gasteiger partial charge in [-0.1, -0.05) is 6.92 Å². The summed E-state index contributed by atoms with van der Waals surface area (Å²) in [5.41, 5.74) is 2.28. The van der Waals surface area contributed by atoms with Crippen molar-refractivity contribution in [1.29, 1.82) is 5.26 Å². The second-order valence-electron chi connectivity index (χ2n) is 8.87. The van der Waals surface area contributed by atoms with Crippen LogP contribution in [0.4, 0.5) is 10.2 Å². The Hall–Kier alpha value is -3.85. The van der Waals surface area contributed by atoms with Crippen molar-refractivity contribution in [3.05, 3.63) is 48.9 Å². The zero-order valence-electron chi connectivity index (χ0n) is 19.7. The fourth-order valence-electron chi connectivity index (χ4n) is 4.79. The number of H-pyrrole nitrogens is 1. The van der Waals surface area contributed by atoms with E-state index >= 15 is 0 Å². The van der Waals surface area contributed by atoms with E-state index in [1.165, 1.54) is 12.4 Å².